The summed E-state index contributed by atoms with van der Waals surface area (Å²) in [6.07, 6.45) is 9.22. The van der Waals surface area contributed by atoms with Crippen molar-refractivity contribution in [3.8, 4) is 28.3 Å². The number of hydrogen-bond acceptors (Lipinski definition) is 5. The summed E-state index contributed by atoms with van der Waals surface area (Å²) < 4.78 is 6.43. The summed E-state index contributed by atoms with van der Waals surface area (Å²) in [6, 6.07) is 12.1. The monoisotopic (exact) mass is 513 g/mol. The van der Waals surface area contributed by atoms with E-state index < -0.39 is 0 Å². The van der Waals surface area contributed by atoms with E-state index in [1.165, 1.54) is 12.8 Å². The molecule has 1 aliphatic carbocycles. The number of piperidine rings is 1. The smallest absolute Gasteiger partial charge is 0.319 e. The van der Waals surface area contributed by atoms with Crippen LogP contribution < -0.4 is 15.4 Å². The van der Waals surface area contributed by atoms with Gasteiger partial charge in [-0.15, -0.1) is 0 Å². The van der Waals surface area contributed by atoms with E-state index in [2.05, 4.69) is 59.6 Å². The topological polar surface area (TPSA) is 79.4 Å². The van der Waals surface area contributed by atoms with E-state index in [9.17, 15) is 4.79 Å². The van der Waals surface area contributed by atoms with Crippen molar-refractivity contribution >= 4 is 11.7 Å². The minimum Gasteiger partial charge on any atom is -0.474 e. The predicted octanol–water partition coefficient (Wildman–Crippen LogP) is 6.21. The standard InChI is InChI=1S/C31H39N5O2/c1-21-17-22(2)27(35-30(37)33-14-11-31(3)9-10-31)20-26(21)24-18-28(23-5-12-32-13-6-23)34-29(19-24)38-25-7-15-36(4)16-8-25/h5-6,12-13,17-20,25H,7-11,14-16H2,1-4H3,(H2,33,35,37). The Balaban J connectivity index is 1.42. The summed E-state index contributed by atoms with van der Waals surface area (Å²) in [7, 11) is 2.15. The van der Waals surface area contributed by atoms with Gasteiger partial charge < -0.3 is 20.3 Å². The second-order valence-electron chi connectivity index (χ2n) is 11.4. The number of nitrogens with one attached hydrogen (secondary N) is 2. The van der Waals surface area contributed by atoms with Crippen LogP contribution in [0.25, 0.3) is 22.4 Å². The molecule has 5 rings (SSSR count). The summed E-state index contributed by atoms with van der Waals surface area (Å²) >= 11 is 0. The van der Waals surface area contributed by atoms with Gasteiger partial charge in [-0.05, 0) is 105 Å². The van der Waals surface area contributed by atoms with E-state index in [1.54, 1.807) is 12.4 Å². The molecule has 7 nitrogen and oxygen atoms in total. The molecule has 0 unspecified atom stereocenters. The van der Waals surface area contributed by atoms with Gasteiger partial charge in [-0.1, -0.05) is 13.0 Å². The van der Waals surface area contributed by atoms with Crippen molar-refractivity contribution in [3.63, 3.8) is 0 Å². The van der Waals surface area contributed by atoms with Crippen LogP contribution in [0.3, 0.4) is 0 Å². The van der Waals surface area contributed by atoms with Gasteiger partial charge in [0.05, 0.1) is 5.69 Å². The van der Waals surface area contributed by atoms with Crippen molar-refractivity contribution in [2.45, 2.75) is 59.0 Å². The lowest BCUT2D eigenvalue weighted by Gasteiger charge is -2.29. The number of aryl methyl sites for hydroxylation is 2. The molecule has 1 aromatic carbocycles. The molecule has 2 amide bonds. The number of hydrogen-bond donors (Lipinski definition) is 2. The van der Waals surface area contributed by atoms with E-state index in [1.807, 2.05) is 25.1 Å². The first-order chi connectivity index (χ1) is 18.3. The molecule has 2 fully saturated rings. The van der Waals surface area contributed by atoms with Crippen LogP contribution >= 0.6 is 0 Å². The number of ether oxygens (including phenoxy) is 1. The number of amides is 2. The number of benzene rings is 1. The Kier molecular flexibility index (Phi) is 7.65. The summed E-state index contributed by atoms with van der Waals surface area (Å²) in [4.78, 5) is 24.1. The van der Waals surface area contributed by atoms with Crippen LogP contribution in [-0.2, 0) is 0 Å². The molecule has 0 spiro atoms. The highest BCUT2D eigenvalue weighted by molar-refractivity contribution is 5.91. The average molecular weight is 514 g/mol. The van der Waals surface area contributed by atoms with Crippen molar-refractivity contribution in [3.05, 3.63) is 59.9 Å². The number of aromatic nitrogens is 2. The van der Waals surface area contributed by atoms with E-state index in [-0.39, 0.29) is 12.1 Å². The van der Waals surface area contributed by atoms with Gasteiger partial charge in [0.2, 0.25) is 5.88 Å². The zero-order valence-corrected chi connectivity index (χ0v) is 23.0. The van der Waals surface area contributed by atoms with Crippen molar-refractivity contribution in [1.29, 1.82) is 0 Å². The van der Waals surface area contributed by atoms with E-state index in [4.69, 9.17) is 9.72 Å². The van der Waals surface area contributed by atoms with Crippen molar-refractivity contribution in [2.75, 3.05) is 32.0 Å². The second kappa shape index (κ2) is 11.1. The normalized spacial score (nSPS) is 17.2. The number of likely N-dealkylation sites (tertiary alicyclic amines) is 1. The first-order valence-corrected chi connectivity index (χ1v) is 13.7. The van der Waals surface area contributed by atoms with E-state index >= 15 is 0 Å². The van der Waals surface area contributed by atoms with Gasteiger partial charge in [0, 0.05) is 49.3 Å². The third kappa shape index (κ3) is 6.51. The van der Waals surface area contributed by atoms with Crippen molar-refractivity contribution < 1.29 is 9.53 Å². The average Bonchev–Trinajstić information content (AvgIpc) is 3.64. The molecule has 2 aliphatic rings. The molecule has 1 aliphatic heterocycles. The first-order valence-electron chi connectivity index (χ1n) is 13.7. The maximum atomic E-state index is 12.7. The minimum atomic E-state index is -0.161. The molecular weight excluding hydrogens is 474 g/mol. The summed E-state index contributed by atoms with van der Waals surface area (Å²) in [5.74, 6) is 0.629. The van der Waals surface area contributed by atoms with Gasteiger partial charge >= 0.3 is 6.03 Å². The lowest BCUT2D eigenvalue weighted by Crippen LogP contribution is -2.35. The Hall–Kier alpha value is -3.45. The van der Waals surface area contributed by atoms with Gasteiger partial charge in [-0.2, -0.15) is 0 Å². The summed E-state index contributed by atoms with van der Waals surface area (Å²) in [6.45, 7) is 9.15. The van der Waals surface area contributed by atoms with Crippen LogP contribution in [0, 0.1) is 19.3 Å². The Labute approximate surface area is 226 Å². The summed E-state index contributed by atoms with van der Waals surface area (Å²) in [5.41, 5.74) is 7.27. The molecule has 0 bridgehead atoms. The molecule has 3 heterocycles. The van der Waals surface area contributed by atoms with Crippen molar-refractivity contribution in [2.24, 2.45) is 5.41 Å². The molecule has 200 valence electrons. The lowest BCUT2D eigenvalue weighted by molar-refractivity contribution is 0.110. The van der Waals surface area contributed by atoms with Gasteiger partial charge in [0.15, 0.2) is 0 Å². The quantitative estimate of drug-likeness (QED) is 0.374. The number of anilines is 1. The van der Waals surface area contributed by atoms with E-state index in [0.29, 0.717) is 17.8 Å². The number of rotatable bonds is 8. The first kappa shape index (κ1) is 26.2. The number of urea groups is 1. The Morgan fingerprint density at radius 2 is 1.79 bits per heavy atom. The zero-order chi connectivity index (χ0) is 26.7. The van der Waals surface area contributed by atoms with Gasteiger partial charge in [-0.3, -0.25) is 4.98 Å². The van der Waals surface area contributed by atoms with Gasteiger partial charge in [0.25, 0.3) is 0 Å². The van der Waals surface area contributed by atoms with Gasteiger partial charge in [0.1, 0.15) is 6.10 Å². The van der Waals surface area contributed by atoms with Crippen LogP contribution in [0.2, 0.25) is 0 Å². The fraction of sp³-hybridized carbons (Fsp3) is 0.452. The lowest BCUT2D eigenvalue weighted by atomic mass is 9.96. The molecule has 0 atom stereocenters. The molecule has 1 saturated heterocycles. The number of carbonyl (C=O) groups excluding carboxylic acids is 1. The van der Waals surface area contributed by atoms with Crippen LogP contribution in [-0.4, -0.2) is 53.7 Å². The maximum absolute atomic E-state index is 12.7. The van der Waals surface area contributed by atoms with Gasteiger partial charge in [-0.25, -0.2) is 9.78 Å². The SMILES string of the molecule is Cc1cc(C)c(-c2cc(OC3CCN(C)CC3)nc(-c3ccncc3)c2)cc1NC(=O)NCCC1(C)CC1. The van der Waals surface area contributed by atoms with Crippen LogP contribution in [0.5, 0.6) is 5.88 Å². The summed E-state index contributed by atoms with van der Waals surface area (Å²) in [5, 5.41) is 6.10. The second-order valence-corrected chi connectivity index (χ2v) is 11.4. The largest absolute Gasteiger partial charge is 0.474 e. The Bertz CT molecular complexity index is 1280. The van der Waals surface area contributed by atoms with Crippen LogP contribution in [0.4, 0.5) is 10.5 Å². The highest BCUT2D eigenvalue weighted by Crippen LogP contribution is 2.47. The highest BCUT2D eigenvalue weighted by Gasteiger charge is 2.36. The Morgan fingerprint density at radius 3 is 2.50 bits per heavy atom. The number of nitrogens with zero attached hydrogens (tertiary/aromatic N) is 3. The molecular formula is C31H39N5O2. The maximum Gasteiger partial charge on any atom is 0.319 e. The predicted molar refractivity (Wildman–Crippen MR) is 153 cm³/mol. The third-order valence-electron chi connectivity index (χ3n) is 7.98. The molecule has 0 radical (unpaired) electrons. The van der Waals surface area contributed by atoms with E-state index in [0.717, 1.165) is 71.6 Å². The molecule has 38 heavy (non-hydrogen) atoms. The fourth-order valence-corrected chi connectivity index (χ4v) is 5.07. The number of pyridine rings is 2. The zero-order valence-electron chi connectivity index (χ0n) is 23.0. The minimum absolute atomic E-state index is 0.150. The molecule has 2 N–H and O–H groups in total. The third-order valence-corrected chi connectivity index (χ3v) is 7.98. The van der Waals surface area contributed by atoms with Crippen LogP contribution in [0.15, 0.2) is 48.8 Å². The fourth-order valence-electron chi connectivity index (χ4n) is 5.07. The van der Waals surface area contributed by atoms with Crippen molar-refractivity contribution in [1.82, 2.24) is 20.2 Å². The Morgan fingerprint density at radius 1 is 1.05 bits per heavy atom. The molecule has 2 aromatic heterocycles. The number of carbonyl (C=O) groups is 1. The molecule has 7 heteroatoms. The molecule has 3 aromatic rings. The van der Waals surface area contributed by atoms with Crippen LogP contribution in [0.1, 0.15) is 50.2 Å². The highest BCUT2D eigenvalue weighted by atomic mass is 16.5. The molecule has 1 saturated carbocycles.